The highest BCUT2D eigenvalue weighted by atomic mass is 16.4. The molecule has 314 valence electrons. The number of nitrogens with zero attached hydrogens (tertiary/aromatic N) is 2. The number of aliphatic hydroxyl groups is 2. The molecule has 0 aliphatic heterocycles. The second-order valence-corrected chi connectivity index (χ2v) is 22.6. The zero-order valence-corrected chi connectivity index (χ0v) is 35.7. The van der Waals surface area contributed by atoms with E-state index in [9.17, 15) is 30.0 Å². The van der Waals surface area contributed by atoms with Crippen LogP contribution < -0.4 is 0 Å². The summed E-state index contributed by atoms with van der Waals surface area (Å²) in [5.41, 5.74) is 3.33. The first-order chi connectivity index (χ1) is 26.5. The zero-order chi connectivity index (χ0) is 39.9. The predicted octanol–water partition coefficient (Wildman–Crippen LogP) is 10.0. The lowest BCUT2D eigenvalue weighted by atomic mass is 9.43. The lowest BCUT2D eigenvalue weighted by Crippen LogP contribution is -2.58. The molecule has 4 N–H and O–H groups in total. The number of carbonyl (C=O) groups is 2. The molecule has 8 rings (SSSR count). The monoisotopic (exact) mass is 777 g/mol. The van der Waals surface area contributed by atoms with Crippen LogP contribution in [0.15, 0.2) is 10.2 Å². The largest absolute Gasteiger partial charge is 0.481 e. The van der Waals surface area contributed by atoms with Gasteiger partial charge in [0.1, 0.15) is 0 Å². The molecule has 0 unspecified atom stereocenters. The summed E-state index contributed by atoms with van der Waals surface area (Å²) in [6.07, 6.45) is 18.5. The molecule has 8 aliphatic carbocycles. The van der Waals surface area contributed by atoms with Gasteiger partial charge in [-0.05, 0) is 196 Å². The van der Waals surface area contributed by atoms with Gasteiger partial charge in [-0.1, -0.05) is 41.5 Å². The number of carboxylic acid groups (broad SMARTS) is 2. The number of aliphatic carboxylic acids is 2. The van der Waals surface area contributed by atoms with E-state index in [1.807, 2.05) is 0 Å². The Balaban J connectivity index is 1.17. The van der Waals surface area contributed by atoms with Crippen molar-refractivity contribution in [2.45, 2.75) is 182 Å². The van der Waals surface area contributed by atoms with Gasteiger partial charge in [0.15, 0.2) is 0 Å². The van der Waals surface area contributed by atoms with Gasteiger partial charge in [0.2, 0.25) is 0 Å². The third-order valence-electron chi connectivity index (χ3n) is 20.4. The van der Waals surface area contributed by atoms with Gasteiger partial charge in [0.25, 0.3) is 0 Å². The molecule has 8 heteroatoms. The molecule has 0 radical (unpaired) electrons. The van der Waals surface area contributed by atoms with Gasteiger partial charge in [-0.3, -0.25) is 9.59 Å². The summed E-state index contributed by atoms with van der Waals surface area (Å²) >= 11 is 0. The maximum Gasteiger partial charge on any atom is 0.303 e. The molecule has 8 aliphatic rings. The lowest BCUT2D eigenvalue weighted by Gasteiger charge is -2.61. The van der Waals surface area contributed by atoms with Gasteiger partial charge >= 0.3 is 11.9 Å². The molecule has 8 saturated carbocycles. The second kappa shape index (κ2) is 15.0. The van der Waals surface area contributed by atoms with Gasteiger partial charge in [-0.2, -0.15) is 10.2 Å². The van der Waals surface area contributed by atoms with Gasteiger partial charge in [0, 0.05) is 36.1 Å². The van der Waals surface area contributed by atoms with Gasteiger partial charge < -0.3 is 20.4 Å². The second-order valence-electron chi connectivity index (χ2n) is 22.6. The van der Waals surface area contributed by atoms with Crippen molar-refractivity contribution in [1.29, 1.82) is 0 Å². The molecular formula is C48H76N2O6. The Hall–Kier alpha value is -1.80. The van der Waals surface area contributed by atoms with E-state index in [1.54, 1.807) is 0 Å². The van der Waals surface area contributed by atoms with Crippen LogP contribution in [0.2, 0.25) is 0 Å². The summed E-state index contributed by atoms with van der Waals surface area (Å²) in [7, 11) is 0. The summed E-state index contributed by atoms with van der Waals surface area (Å²) in [6.45, 7) is 14.8. The van der Waals surface area contributed by atoms with Crippen LogP contribution in [0.4, 0.5) is 0 Å². The minimum absolute atomic E-state index is 0.168. The summed E-state index contributed by atoms with van der Waals surface area (Å²) in [4.78, 5) is 23.2. The highest BCUT2D eigenvalue weighted by Crippen LogP contribution is 2.70. The summed E-state index contributed by atoms with van der Waals surface area (Å²) in [5, 5.41) is 52.3. The Kier molecular flexibility index (Phi) is 11.0. The normalized spacial score (nSPS) is 50.9. The molecule has 8 fully saturated rings. The predicted molar refractivity (Wildman–Crippen MR) is 220 cm³/mol. The van der Waals surface area contributed by atoms with Gasteiger partial charge in [0.05, 0.1) is 12.2 Å². The Morgan fingerprint density at radius 1 is 0.571 bits per heavy atom. The SMILES string of the molecule is C[C@H](CCC(=O)O)[C@H]1CC[C@H]2[C@@H]3/C(=N\N=C4\C[C@@H]5C[C@H](O)CC[C@]5(C)[C@H]5CC[C@]6(C)[C@@H]([C@H](C)CCC(=O)O)CC[C@H]6[C@H]45)C[C@@H]4C[C@H](O)CC[C@]4(C)[C@H]3CC[C@]12C. The van der Waals surface area contributed by atoms with Crippen LogP contribution in [0.1, 0.15) is 170 Å². The fourth-order valence-electron chi connectivity index (χ4n) is 17.3. The van der Waals surface area contributed by atoms with Crippen molar-refractivity contribution in [2.75, 3.05) is 0 Å². The molecule has 0 bridgehead atoms. The molecule has 56 heavy (non-hydrogen) atoms. The first kappa shape index (κ1) is 41.0. The first-order valence-electron chi connectivity index (χ1n) is 23.4. The van der Waals surface area contributed by atoms with Crippen molar-refractivity contribution in [1.82, 2.24) is 0 Å². The summed E-state index contributed by atoms with van der Waals surface area (Å²) in [5.74, 6) is 4.18. The van der Waals surface area contributed by atoms with E-state index in [0.717, 1.165) is 64.2 Å². The van der Waals surface area contributed by atoms with E-state index < -0.39 is 11.9 Å². The van der Waals surface area contributed by atoms with E-state index in [4.69, 9.17) is 10.2 Å². The third-order valence-corrected chi connectivity index (χ3v) is 20.4. The number of carboxylic acids is 2. The number of fused-ring (bicyclic) bond motifs is 10. The Morgan fingerprint density at radius 2 is 0.929 bits per heavy atom. The molecular weight excluding hydrogens is 701 g/mol. The molecule has 0 aromatic heterocycles. The van der Waals surface area contributed by atoms with Crippen LogP contribution in [0, 0.1) is 92.7 Å². The number of hydrogen-bond donors (Lipinski definition) is 4. The van der Waals surface area contributed by atoms with E-state index >= 15 is 0 Å². The molecule has 0 aromatic rings. The topological polar surface area (TPSA) is 140 Å². The van der Waals surface area contributed by atoms with E-state index in [1.165, 1.54) is 62.8 Å². The van der Waals surface area contributed by atoms with E-state index in [-0.39, 0.29) is 46.7 Å². The smallest absolute Gasteiger partial charge is 0.303 e. The fraction of sp³-hybridized carbons (Fsp3) is 0.917. The Bertz CT molecular complexity index is 1460. The van der Waals surface area contributed by atoms with E-state index in [0.29, 0.717) is 71.0 Å². The Labute approximate surface area is 337 Å². The van der Waals surface area contributed by atoms with Gasteiger partial charge in [-0.15, -0.1) is 0 Å². The van der Waals surface area contributed by atoms with Gasteiger partial charge in [-0.25, -0.2) is 0 Å². The van der Waals surface area contributed by atoms with E-state index in [2.05, 4.69) is 41.5 Å². The average Bonchev–Trinajstić information content (AvgIpc) is 3.69. The number of aliphatic hydroxyl groups excluding tert-OH is 2. The highest BCUT2D eigenvalue weighted by molar-refractivity contribution is 5.92. The maximum atomic E-state index is 11.6. The summed E-state index contributed by atoms with van der Waals surface area (Å²) < 4.78 is 0. The van der Waals surface area contributed by atoms with Crippen LogP contribution in [-0.4, -0.2) is 56.0 Å². The van der Waals surface area contributed by atoms with Crippen LogP contribution in [0.5, 0.6) is 0 Å². The number of rotatable bonds is 9. The molecule has 0 amide bonds. The zero-order valence-electron chi connectivity index (χ0n) is 35.7. The summed E-state index contributed by atoms with van der Waals surface area (Å²) in [6, 6.07) is 0. The molecule has 18 atom stereocenters. The van der Waals surface area contributed by atoms with Crippen LogP contribution in [0.3, 0.4) is 0 Å². The van der Waals surface area contributed by atoms with Crippen molar-refractivity contribution < 1.29 is 30.0 Å². The third kappa shape index (κ3) is 6.67. The molecule has 8 nitrogen and oxygen atoms in total. The minimum atomic E-state index is -0.688. The quantitative estimate of drug-likeness (QED) is 0.172. The van der Waals surface area contributed by atoms with Crippen molar-refractivity contribution >= 4 is 23.4 Å². The maximum absolute atomic E-state index is 11.6. The van der Waals surface area contributed by atoms with Crippen LogP contribution >= 0.6 is 0 Å². The highest BCUT2D eigenvalue weighted by Gasteiger charge is 2.64. The lowest BCUT2D eigenvalue weighted by molar-refractivity contribution is -0.138. The minimum Gasteiger partial charge on any atom is -0.481 e. The van der Waals surface area contributed by atoms with Crippen LogP contribution in [-0.2, 0) is 9.59 Å². The number of hydrogen-bond acceptors (Lipinski definition) is 6. The average molecular weight is 777 g/mol. The first-order valence-corrected chi connectivity index (χ1v) is 23.4. The Morgan fingerprint density at radius 3 is 1.30 bits per heavy atom. The van der Waals surface area contributed by atoms with Crippen molar-refractivity contribution in [3.05, 3.63) is 0 Å². The van der Waals surface area contributed by atoms with Crippen molar-refractivity contribution in [3.63, 3.8) is 0 Å². The van der Waals surface area contributed by atoms with Crippen LogP contribution in [0.25, 0.3) is 0 Å². The van der Waals surface area contributed by atoms with Crippen molar-refractivity contribution in [3.8, 4) is 0 Å². The molecule has 0 aromatic carbocycles. The fourth-order valence-corrected chi connectivity index (χ4v) is 17.3. The van der Waals surface area contributed by atoms with Crippen molar-refractivity contribution in [2.24, 2.45) is 103 Å². The molecule has 0 saturated heterocycles. The molecule has 0 spiro atoms. The molecule has 0 heterocycles. The standard InChI is InChI=1S/C48H76N2O6/c1-27(7-13-41(53)54)33-9-11-35-43-37(17-21-47(33,35)5)45(3)19-15-31(51)23-29(45)25-39(43)49-50-40-26-30-24-32(52)16-20-46(30,4)38-18-22-48(6)34(10-12-36(48)44(38)40)28(2)8-14-42(55)56/h27-38,43-44,51-52H,7-26H2,1-6H3,(H,53,54)(H,55,56)/b49-39-,50-40-/t27-,28-,29+,30+,31-,32-,33-,34-,35+,36+,37+,38+,43+,44+,45+,46+,47-,48-/m1/s1.